The summed E-state index contributed by atoms with van der Waals surface area (Å²) in [5.74, 6) is -1.01. The highest BCUT2D eigenvalue weighted by molar-refractivity contribution is 5.90. The number of hydrogen-bond acceptors (Lipinski definition) is 6. The quantitative estimate of drug-likeness (QED) is 0.670. The molecule has 32 heavy (non-hydrogen) atoms. The Morgan fingerprint density at radius 3 is 2.50 bits per heavy atom. The van der Waals surface area contributed by atoms with Gasteiger partial charge in [-0.15, -0.1) is 0 Å². The minimum absolute atomic E-state index is 0.119. The highest BCUT2D eigenvalue weighted by atomic mass is 16.6. The van der Waals surface area contributed by atoms with Crippen molar-refractivity contribution >= 4 is 18.0 Å². The van der Waals surface area contributed by atoms with Crippen molar-refractivity contribution in [2.75, 3.05) is 13.7 Å². The fourth-order valence-electron chi connectivity index (χ4n) is 3.61. The average Bonchev–Trinajstić information content (AvgIpc) is 3.33. The number of benzene rings is 2. The van der Waals surface area contributed by atoms with Crippen molar-refractivity contribution in [2.45, 2.75) is 38.0 Å². The van der Waals surface area contributed by atoms with E-state index in [-0.39, 0.29) is 13.0 Å². The molecule has 166 valence electrons. The summed E-state index contributed by atoms with van der Waals surface area (Å²) >= 11 is 0. The first-order valence-electron chi connectivity index (χ1n) is 10.4. The smallest absolute Gasteiger partial charge is 0.410 e. The van der Waals surface area contributed by atoms with Crippen LogP contribution in [0.25, 0.3) is 0 Å². The molecular weight excluding hydrogens is 410 g/mol. The van der Waals surface area contributed by atoms with E-state index in [9.17, 15) is 14.4 Å². The van der Waals surface area contributed by atoms with Gasteiger partial charge in [-0.1, -0.05) is 42.5 Å². The van der Waals surface area contributed by atoms with Crippen LogP contribution in [0.4, 0.5) is 4.79 Å². The van der Waals surface area contributed by atoms with Gasteiger partial charge in [-0.2, -0.15) is 5.26 Å². The Kier molecular flexibility index (Phi) is 7.81. The molecule has 2 aromatic carbocycles. The van der Waals surface area contributed by atoms with Crippen LogP contribution >= 0.6 is 0 Å². The minimum atomic E-state index is -0.914. The topological polar surface area (TPSA) is 109 Å². The van der Waals surface area contributed by atoms with E-state index in [1.165, 1.54) is 12.0 Å². The van der Waals surface area contributed by atoms with E-state index in [2.05, 4.69) is 5.32 Å². The molecule has 1 saturated heterocycles. The first-order chi connectivity index (χ1) is 15.5. The van der Waals surface area contributed by atoms with Gasteiger partial charge in [-0.3, -0.25) is 9.69 Å². The second kappa shape index (κ2) is 11.0. The van der Waals surface area contributed by atoms with Crippen molar-refractivity contribution in [3.8, 4) is 6.07 Å². The number of esters is 1. The molecule has 0 bridgehead atoms. The van der Waals surface area contributed by atoms with Gasteiger partial charge in [0.15, 0.2) is 0 Å². The fraction of sp³-hybridized carbons (Fsp3) is 0.333. The van der Waals surface area contributed by atoms with Crippen molar-refractivity contribution in [3.63, 3.8) is 0 Å². The van der Waals surface area contributed by atoms with Crippen LogP contribution < -0.4 is 5.32 Å². The average molecular weight is 435 g/mol. The van der Waals surface area contributed by atoms with Crippen LogP contribution in [-0.4, -0.2) is 48.6 Å². The van der Waals surface area contributed by atoms with Gasteiger partial charge in [0.05, 0.1) is 18.7 Å². The number of nitriles is 1. The van der Waals surface area contributed by atoms with E-state index in [0.29, 0.717) is 24.9 Å². The van der Waals surface area contributed by atoms with E-state index in [4.69, 9.17) is 14.7 Å². The lowest BCUT2D eigenvalue weighted by Gasteiger charge is -2.25. The number of likely N-dealkylation sites (tertiary alicyclic amines) is 1. The molecule has 1 aliphatic heterocycles. The van der Waals surface area contributed by atoms with Gasteiger partial charge < -0.3 is 14.8 Å². The third-order valence-corrected chi connectivity index (χ3v) is 5.32. The minimum Gasteiger partial charge on any atom is -0.467 e. The number of hydrogen-bond donors (Lipinski definition) is 1. The number of rotatable bonds is 7. The predicted molar refractivity (Wildman–Crippen MR) is 115 cm³/mol. The zero-order valence-electron chi connectivity index (χ0n) is 17.8. The number of amides is 2. The predicted octanol–water partition coefficient (Wildman–Crippen LogP) is 2.56. The molecule has 1 N–H and O–H groups in total. The molecule has 2 aromatic rings. The lowest BCUT2D eigenvalue weighted by Crippen LogP contribution is -2.51. The van der Waals surface area contributed by atoms with Crippen LogP contribution in [0.15, 0.2) is 54.6 Å². The molecule has 0 aliphatic carbocycles. The first kappa shape index (κ1) is 22.8. The molecule has 1 heterocycles. The summed E-state index contributed by atoms with van der Waals surface area (Å²) in [6, 6.07) is 16.4. The molecule has 0 spiro atoms. The van der Waals surface area contributed by atoms with Gasteiger partial charge in [0, 0.05) is 13.0 Å². The lowest BCUT2D eigenvalue weighted by atomic mass is 10.0. The summed E-state index contributed by atoms with van der Waals surface area (Å²) in [5, 5.41) is 11.6. The molecule has 8 heteroatoms. The van der Waals surface area contributed by atoms with Crippen molar-refractivity contribution < 1.29 is 23.9 Å². The molecule has 0 radical (unpaired) electrons. The third-order valence-electron chi connectivity index (χ3n) is 5.32. The maximum Gasteiger partial charge on any atom is 0.410 e. The van der Waals surface area contributed by atoms with E-state index >= 15 is 0 Å². The van der Waals surface area contributed by atoms with Crippen LogP contribution in [0.3, 0.4) is 0 Å². The molecule has 2 atom stereocenters. The maximum absolute atomic E-state index is 12.9. The van der Waals surface area contributed by atoms with Crippen LogP contribution in [0.2, 0.25) is 0 Å². The summed E-state index contributed by atoms with van der Waals surface area (Å²) in [6.45, 7) is 0.526. The Morgan fingerprint density at radius 2 is 1.84 bits per heavy atom. The third kappa shape index (κ3) is 5.85. The van der Waals surface area contributed by atoms with Gasteiger partial charge in [-0.05, 0) is 36.1 Å². The van der Waals surface area contributed by atoms with Crippen LogP contribution in [0.1, 0.15) is 29.5 Å². The van der Waals surface area contributed by atoms with E-state index < -0.39 is 30.1 Å². The Balaban J connectivity index is 1.62. The molecule has 2 amide bonds. The van der Waals surface area contributed by atoms with Gasteiger partial charge in [0.2, 0.25) is 5.91 Å². The van der Waals surface area contributed by atoms with Crippen molar-refractivity contribution in [1.29, 1.82) is 5.26 Å². The molecule has 1 aliphatic rings. The second-order valence-electron chi connectivity index (χ2n) is 7.49. The Hall–Kier alpha value is -3.86. The normalized spacial score (nSPS) is 16.0. The number of carbonyl (C=O) groups excluding carboxylic acids is 3. The first-order valence-corrected chi connectivity index (χ1v) is 10.4. The fourth-order valence-corrected chi connectivity index (χ4v) is 3.61. The van der Waals surface area contributed by atoms with E-state index in [0.717, 1.165) is 11.1 Å². The maximum atomic E-state index is 12.9. The number of nitrogens with zero attached hydrogens (tertiary/aromatic N) is 2. The SMILES string of the molecule is COC(=O)[C@H](Cc1ccc(C#N)cc1)NC(=O)[C@H]1CCCN1C(=O)OCc1ccccc1. The Morgan fingerprint density at radius 1 is 1.12 bits per heavy atom. The van der Waals surface area contributed by atoms with Gasteiger partial charge in [0.25, 0.3) is 0 Å². The summed E-state index contributed by atoms with van der Waals surface area (Å²) in [7, 11) is 1.25. The van der Waals surface area contributed by atoms with E-state index in [1.807, 2.05) is 36.4 Å². The molecule has 3 rings (SSSR count). The zero-order chi connectivity index (χ0) is 22.9. The van der Waals surface area contributed by atoms with E-state index in [1.54, 1.807) is 24.3 Å². The Bertz CT molecular complexity index is 985. The molecule has 0 unspecified atom stereocenters. The number of ether oxygens (including phenoxy) is 2. The van der Waals surface area contributed by atoms with Gasteiger partial charge >= 0.3 is 12.1 Å². The molecular formula is C24H25N3O5. The number of carbonyl (C=O) groups is 3. The number of nitrogens with one attached hydrogen (secondary N) is 1. The molecule has 8 nitrogen and oxygen atoms in total. The van der Waals surface area contributed by atoms with Crippen LogP contribution in [0.5, 0.6) is 0 Å². The van der Waals surface area contributed by atoms with Crippen LogP contribution in [-0.2, 0) is 32.1 Å². The second-order valence-corrected chi connectivity index (χ2v) is 7.49. The molecule has 0 saturated carbocycles. The summed E-state index contributed by atoms with van der Waals surface area (Å²) in [6.07, 6.45) is 0.789. The lowest BCUT2D eigenvalue weighted by molar-refractivity contribution is -0.145. The van der Waals surface area contributed by atoms with Crippen LogP contribution in [0, 0.1) is 11.3 Å². The summed E-state index contributed by atoms with van der Waals surface area (Å²) < 4.78 is 10.2. The largest absolute Gasteiger partial charge is 0.467 e. The monoisotopic (exact) mass is 435 g/mol. The summed E-state index contributed by atoms with van der Waals surface area (Å²) in [4.78, 5) is 39.2. The van der Waals surface area contributed by atoms with Gasteiger partial charge in [-0.25, -0.2) is 9.59 Å². The highest BCUT2D eigenvalue weighted by Crippen LogP contribution is 2.20. The standard InChI is InChI=1S/C24H25N3O5/c1-31-23(29)20(14-17-9-11-18(15-25)12-10-17)26-22(28)21-8-5-13-27(21)24(30)32-16-19-6-3-2-4-7-19/h2-4,6-7,9-12,20-21H,5,8,13-14,16H2,1H3,(H,26,28)/t20-,21+/m0/s1. The molecule has 0 aromatic heterocycles. The zero-order valence-corrected chi connectivity index (χ0v) is 17.8. The highest BCUT2D eigenvalue weighted by Gasteiger charge is 2.37. The molecule has 1 fully saturated rings. The number of methoxy groups -OCH3 is 1. The Labute approximate surface area is 186 Å². The van der Waals surface area contributed by atoms with Crippen molar-refractivity contribution in [2.24, 2.45) is 0 Å². The summed E-state index contributed by atoms with van der Waals surface area (Å²) in [5.41, 5.74) is 2.13. The van der Waals surface area contributed by atoms with Crippen molar-refractivity contribution in [1.82, 2.24) is 10.2 Å². The van der Waals surface area contributed by atoms with Gasteiger partial charge in [0.1, 0.15) is 18.7 Å². The van der Waals surface area contributed by atoms with Crippen molar-refractivity contribution in [3.05, 3.63) is 71.3 Å².